The standard InChI is InChI=1S/C24H32NO5.ClH/c1-23(2,3)21(26)30-18-25(4,5)16-17-29-22(27)24(28,19-12-8-6-9-13-19)20-14-10-7-11-15-20;/h6-15,28H,16-18H2,1-5H3;1H/q+1;/p-1. The van der Waals surface area contributed by atoms with Gasteiger partial charge in [0.2, 0.25) is 12.3 Å². The predicted octanol–water partition coefficient (Wildman–Crippen LogP) is 0.0929. The Morgan fingerprint density at radius 3 is 1.71 bits per heavy atom. The molecule has 2 aromatic carbocycles. The molecule has 2 rings (SSSR count). The molecule has 1 N–H and O–H groups in total. The first-order chi connectivity index (χ1) is 14.0. The predicted molar refractivity (Wildman–Crippen MR) is 114 cm³/mol. The van der Waals surface area contributed by atoms with E-state index in [4.69, 9.17) is 9.47 Å². The van der Waals surface area contributed by atoms with Gasteiger partial charge < -0.3 is 27.0 Å². The second kappa shape index (κ2) is 10.8. The van der Waals surface area contributed by atoms with Crippen LogP contribution >= 0.6 is 0 Å². The Morgan fingerprint density at radius 2 is 1.29 bits per heavy atom. The van der Waals surface area contributed by atoms with Crippen LogP contribution in [-0.2, 0) is 24.7 Å². The molecule has 6 nitrogen and oxygen atoms in total. The Kier molecular flexibility index (Phi) is 9.24. The topological polar surface area (TPSA) is 72.8 Å². The van der Waals surface area contributed by atoms with Crippen molar-refractivity contribution in [3.8, 4) is 0 Å². The van der Waals surface area contributed by atoms with Gasteiger partial charge in [-0.05, 0) is 31.9 Å². The van der Waals surface area contributed by atoms with Gasteiger partial charge in [-0.15, -0.1) is 0 Å². The minimum absolute atomic E-state index is 0. The molecule has 0 unspecified atom stereocenters. The first kappa shape index (κ1) is 26.6. The number of quaternary nitrogens is 1. The van der Waals surface area contributed by atoms with Gasteiger partial charge in [-0.3, -0.25) is 9.28 Å². The van der Waals surface area contributed by atoms with Crippen molar-refractivity contribution < 1.29 is 41.1 Å². The zero-order valence-electron chi connectivity index (χ0n) is 18.8. The molecule has 0 radical (unpaired) electrons. The average molecular weight is 450 g/mol. The molecule has 7 heteroatoms. The number of carbonyl (C=O) groups excluding carboxylic acids is 2. The van der Waals surface area contributed by atoms with Crippen LogP contribution in [-0.4, -0.2) is 55.5 Å². The summed E-state index contributed by atoms with van der Waals surface area (Å²) in [4.78, 5) is 25.0. The van der Waals surface area contributed by atoms with Crippen LogP contribution in [0.5, 0.6) is 0 Å². The molecule has 0 atom stereocenters. The number of hydrogen-bond donors (Lipinski definition) is 1. The fraction of sp³-hybridized carbons (Fsp3) is 0.417. The monoisotopic (exact) mass is 449 g/mol. The van der Waals surface area contributed by atoms with Gasteiger partial charge >= 0.3 is 11.9 Å². The van der Waals surface area contributed by atoms with E-state index in [1.807, 2.05) is 26.2 Å². The summed E-state index contributed by atoms with van der Waals surface area (Å²) in [5.74, 6) is -1.03. The number of ether oxygens (including phenoxy) is 2. The average Bonchev–Trinajstić information content (AvgIpc) is 2.71. The molecule has 0 saturated heterocycles. The molecule has 2 aromatic rings. The lowest BCUT2D eigenvalue weighted by atomic mass is 9.86. The minimum atomic E-state index is -1.90. The van der Waals surface area contributed by atoms with E-state index in [2.05, 4.69) is 0 Å². The Labute approximate surface area is 190 Å². The van der Waals surface area contributed by atoms with Gasteiger partial charge in [0.1, 0.15) is 13.2 Å². The molecule has 0 aliphatic heterocycles. The maximum atomic E-state index is 13.0. The summed E-state index contributed by atoms with van der Waals surface area (Å²) >= 11 is 0. The molecule has 0 aliphatic carbocycles. The highest BCUT2D eigenvalue weighted by Gasteiger charge is 2.41. The van der Waals surface area contributed by atoms with E-state index in [1.165, 1.54) is 0 Å². The fourth-order valence-electron chi connectivity index (χ4n) is 2.77. The molecule has 0 aromatic heterocycles. The van der Waals surface area contributed by atoms with E-state index in [0.717, 1.165) is 0 Å². The maximum Gasteiger partial charge on any atom is 0.347 e. The van der Waals surface area contributed by atoms with E-state index in [9.17, 15) is 14.7 Å². The Morgan fingerprint density at radius 1 is 0.839 bits per heavy atom. The van der Waals surface area contributed by atoms with E-state index in [-0.39, 0.29) is 31.7 Å². The number of halogens is 1. The van der Waals surface area contributed by atoms with Crippen molar-refractivity contribution >= 4 is 11.9 Å². The first-order valence-electron chi connectivity index (χ1n) is 9.97. The van der Waals surface area contributed by atoms with Crippen molar-refractivity contribution in [3.63, 3.8) is 0 Å². The second-order valence-corrected chi connectivity index (χ2v) is 9.05. The van der Waals surface area contributed by atoms with Gasteiger partial charge in [0.15, 0.2) is 0 Å². The zero-order chi connectivity index (χ0) is 22.4. The number of nitrogens with zero attached hydrogens (tertiary/aromatic N) is 1. The molecule has 0 saturated carbocycles. The summed E-state index contributed by atoms with van der Waals surface area (Å²) in [7, 11) is 3.76. The Bertz CT molecular complexity index is 808. The largest absolute Gasteiger partial charge is 1.00 e. The van der Waals surface area contributed by atoms with Gasteiger partial charge in [-0.25, -0.2) is 4.79 Å². The summed E-state index contributed by atoms with van der Waals surface area (Å²) < 4.78 is 11.2. The number of rotatable bonds is 8. The normalized spacial score (nSPS) is 11.9. The maximum absolute atomic E-state index is 13.0. The van der Waals surface area contributed by atoms with Crippen LogP contribution < -0.4 is 12.4 Å². The lowest BCUT2D eigenvalue weighted by Crippen LogP contribution is -3.00. The Hall–Kier alpha value is -2.41. The highest BCUT2D eigenvalue weighted by molar-refractivity contribution is 5.85. The number of benzene rings is 2. The Balaban J connectivity index is 0.00000480. The molecule has 170 valence electrons. The molecule has 0 amide bonds. The number of carbonyl (C=O) groups is 2. The van der Waals surface area contributed by atoms with Crippen molar-refractivity contribution in [2.24, 2.45) is 5.41 Å². The van der Waals surface area contributed by atoms with Gasteiger partial charge in [-0.1, -0.05) is 60.7 Å². The lowest BCUT2D eigenvalue weighted by Gasteiger charge is -2.31. The molecular weight excluding hydrogens is 418 g/mol. The third-order valence-electron chi connectivity index (χ3n) is 4.77. The smallest absolute Gasteiger partial charge is 0.347 e. The molecule has 0 bridgehead atoms. The molecule has 0 spiro atoms. The highest BCUT2D eigenvalue weighted by Crippen LogP contribution is 2.31. The summed E-state index contributed by atoms with van der Waals surface area (Å²) in [6.45, 7) is 6.04. The zero-order valence-corrected chi connectivity index (χ0v) is 19.6. The molecule has 31 heavy (non-hydrogen) atoms. The van der Waals surface area contributed by atoms with Gasteiger partial charge in [0, 0.05) is 0 Å². The summed E-state index contributed by atoms with van der Waals surface area (Å²) in [6, 6.07) is 17.5. The van der Waals surface area contributed by atoms with Crippen LogP contribution in [0.4, 0.5) is 0 Å². The first-order valence-corrected chi connectivity index (χ1v) is 9.97. The van der Waals surface area contributed by atoms with Crippen LogP contribution in [0.25, 0.3) is 0 Å². The molecule has 0 aliphatic rings. The minimum Gasteiger partial charge on any atom is -1.00 e. The number of esters is 2. The van der Waals surface area contributed by atoms with Crippen LogP contribution in [0, 0.1) is 5.41 Å². The number of aliphatic hydroxyl groups is 1. The lowest BCUT2D eigenvalue weighted by molar-refractivity contribution is -0.907. The van der Waals surface area contributed by atoms with Crippen LogP contribution in [0.2, 0.25) is 0 Å². The third kappa shape index (κ3) is 7.06. The summed E-state index contributed by atoms with van der Waals surface area (Å²) in [6.07, 6.45) is 0. The van der Waals surface area contributed by atoms with Crippen molar-refractivity contribution in [1.29, 1.82) is 0 Å². The quantitative estimate of drug-likeness (QED) is 0.351. The van der Waals surface area contributed by atoms with Crippen LogP contribution in [0.1, 0.15) is 31.9 Å². The van der Waals surface area contributed by atoms with Crippen LogP contribution in [0.15, 0.2) is 60.7 Å². The van der Waals surface area contributed by atoms with Crippen LogP contribution in [0.3, 0.4) is 0 Å². The molecule has 0 heterocycles. The summed E-state index contributed by atoms with van der Waals surface area (Å²) in [5, 5.41) is 11.4. The number of hydrogen-bond acceptors (Lipinski definition) is 5. The van der Waals surface area contributed by atoms with Gasteiger partial charge in [0.05, 0.1) is 19.5 Å². The van der Waals surface area contributed by atoms with E-state index < -0.39 is 17.0 Å². The van der Waals surface area contributed by atoms with E-state index >= 15 is 0 Å². The van der Waals surface area contributed by atoms with E-state index in [0.29, 0.717) is 22.2 Å². The van der Waals surface area contributed by atoms with Crippen molar-refractivity contribution in [2.45, 2.75) is 26.4 Å². The third-order valence-corrected chi connectivity index (χ3v) is 4.77. The van der Waals surface area contributed by atoms with Crippen molar-refractivity contribution in [1.82, 2.24) is 0 Å². The summed E-state index contributed by atoms with van der Waals surface area (Å²) in [5.41, 5.74) is -1.60. The second-order valence-electron chi connectivity index (χ2n) is 9.05. The van der Waals surface area contributed by atoms with Gasteiger partial charge in [0.25, 0.3) is 0 Å². The van der Waals surface area contributed by atoms with Gasteiger partial charge in [-0.2, -0.15) is 0 Å². The van der Waals surface area contributed by atoms with E-state index in [1.54, 1.807) is 69.3 Å². The number of likely N-dealkylation sites (N-methyl/N-ethyl adjacent to an activating group) is 1. The molecule has 0 fully saturated rings. The molecular formula is C24H32ClNO5. The highest BCUT2D eigenvalue weighted by atomic mass is 35.5. The SMILES string of the molecule is CC(C)(C)C(=O)OC[N+](C)(C)CCOC(=O)C(O)(c1ccccc1)c1ccccc1.[Cl-]. The fourth-order valence-corrected chi connectivity index (χ4v) is 2.77. The van der Waals surface area contributed by atoms with Crippen molar-refractivity contribution in [3.05, 3.63) is 71.8 Å². The van der Waals surface area contributed by atoms with Crippen molar-refractivity contribution in [2.75, 3.05) is 34.0 Å².